The van der Waals surface area contributed by atoms with E-state index >= 15 is 0 Å². The molecule has 58 heavy (non-hydrogen) atoms. The largest absolute Gasteiger partial charge is 0.0622 e. The molecular weight excluding hydrogens is 697 g/mol. The highest BCUT2D eigenvalue weighted by atomic mass is 14.3. The van der Waals surface area contributed by atoms with E-state index in [1.54, 1.807) is 0 Å². The van der Waals surface area contributed by atoms with Crippen molar-refractivity contribution in [2.24, 2.45) is 0 Å². The third-order valence-electron chi connectivity index (χ3n) is 12.9. The van der Waals surface area contributed by atoms with Gasteiger partial charge in [-0.05, 0) is 137 Å². The van der Waals surface area contributed by atoms with Crippen LogP contribution in [-0.2, 0) is 0 Å². The SMILES string of the molecule is c1ccc(-c2cc3ccccc3c(-c3ccc4ccc5cccc6ccc3c4c56)c2-c2ccc(-c3ccc4ccc5cccc6ccc3c4c56)c3ccccc23)cc1. The molecule has 0 heterocycles. The zero-order valence-electron chi connectivity index (χ0n) is 31.6. The van der Waals surface area contributed by atoms with E-state index in [1.807, 2.05) is 0 Å². The maximum Gasteiger partial charge on any atom is -0.00139 e. The van der Waals surface area contributed by atoms with Gasteiger partial charge in [0.15, 0.2) is 0 Å². The first kappa shape index (κ1) is 31.6. The summed E-state index contributed by atoms with van der Waals surface area (Å²) in [5.74, 6) is 0. The predicted molar refractivity (Wildman–Crippen MR) is 251 cm³/mol. The molecule has 0 radical (unpaired) electrons. The van der Waals surface area contributed by atoms with Crippen molar-refractivity contribution in [2.75, 3.05) is 0 Å². The van der Waals surface area contributed by atoms with Gasteiger partial charge in [0, 0.05) is 0 Å². The van der Waals surface area contributed by atoms with E-state index in [1.165, 1.54) is 131 Å². The zero-order chi connectivity index (χ0) is 37.9. The Kier molecular flexibility index (Phi) is 6.54. The van der Waals surface area contributed by atoms with Gasteiger partial charge < -0.3 is 0 Å². The van der Waals surface area contributed by atoms with Crippen molar-refractivity contribution < 1.29 is 0 Å². The Morgan fingerprint density at radius 1 is 0.190 bits per heavy atom. The first-order chi connectivity index (χ1) is 28.8. The lowest BCUT2D eigenvalue weighted by Gasteiger charge is -2.23. The second-order valence-electron chi connectivity index (χ2n) is 15.9. The quantitative estimate of drug-likeness (QED) is 0.158. The standard InChI is InChI=1S/C58H34/c1-2-10-35(11-3-1)52-34-42-12-4-5-17-43(42)57(51-31-27-41-23-21-37-14-9-16-39-26-30-50(51)56(41)54(37)39)58(52)49-33-32-46(44-18-6-7-19-45(44)49)47-28-24-40-22-20-36-13-8-15-38-25-29-48(47)55(40)53(36)38/h1-34H. The average Bonchev–Trinajstić information content (AvgIpc) is 3.29. The summed E-state index contributed by atoms with van der Waals surface area (Å²) in [6.07, 6.45) is 0. The van der Waals surface area contributed by atoms with Gasteiger partial charge in [-0.15, -0.1) is 0 Å². The topological polar surface area (TPSA) is 0 Å². The van der Waals surface area contributed by atoms with Crippen LogP contribution in [0.25, 0.3) is 131 Å². The summed E-state index contributed by atoms with van der Waals surface area (Å²) >= 11 is 0. The third-order valence-corrected chi connectivity index (χ3v) is 12.9. The molecule has 0 saturated carbocycles. The predicted octanol–water partition coefficient (Wildman–Crippen LogP) is 16.5. The van der Waals surface area contributed by atoms with Crippen molar-refractivity contribution in [1.82, 2.24) is 0 Å². The molecule has 13 rings (SSSR count). The monoisotopic (exact) mass is 730 g/mol. The van der Waals surface area contributed by atoms with Crippen LogP contribution in [0.1, 0.15) is 0 Å². The first-order valence-electron chi connectivity index (χ1n) is 20.3. The van der Waals surface area contributed by atoms with Crippen molar-refractivity contribution in [3.63, 3.8) is 0 Å². The molecule has 13 aromatic rings. The summed E-state index contributed by atoms with van der Waals surface area (Å²) in [4.78, 5) is 0. The molecule has 0 heteroatoms. The smallest absolute Gasteiger partial charge is 0.00139 e. The third kappa shape index (κ3) is 4.40. The number of hydrogen-bond acceptors (Lipinski definition) is 0. The van der Waals surface area contributed by atoms with E-state index in [-0.39, 0.29) is 0 Å². The fourth-order valence-corrected chi connectivity index (χ4v) is 10.4. The fraction of sp³-hybridized carbons (Fsp3) is 0. The van der Waals surface area contributed by atoms with Crippen molar-refractivity contribution in [1.29, 1.82) is 0 Å². The van der Waals surface area contributed by atoms with Crippen LogP contribution in [0, 0.1) is 0 Å². The second kappa shape index (κ2) is 12.0. The highest BCUT2D eigenvalue weighted by Crippen LogP contribution is 2.51. The minimum absolute atomic E-state index is 1.21. The highest BCUT2D eigenvalue weighted by molar-refractivity contribution is 6.29. The molecular formula is C58H34. The molecule has 0 saturated heterocycles. The molecule has 0 N–H and O–H groups in total. The van der Waals surface area contributed by atoms with E-state index in [2.05, 4.69) is 206 Å². The summed E-state index contributed by atoms with van der Waals surface area (Å²) < 4.78 is 0. The lowest BCUT2D eigenvalue weighted by molar-refractivity contribution is 1.61. The van der Waals surface area contributed by atoms with Crippen molar-refractivity contribution in [2.45, 2.75) is 0 Å². The van der Waals surface area contributed by atoms with E-state index in [4.69, 9.17) is 0 Å². The molecule has 266 valence electrons. The summed E-state index contributed by atoms with van der Waals surface area (Å²) in [6, 6.07) is 77.4. The molecule has 13 aromatic carbocycles. The van der Waals surface area contributed by atoms with Gasteiger partial charge in [0.1, 0.15) is 0 Å². The van der Waals surface area contributed by atoms with Crippen LogP contribution in [-0.4, -0.2) is 0 Å². The highest BCUT2D eigenvalue weighted by Gasteiger charge is 2.24. The lowest BCUT2D eigenvalue weighted by Crippen LogP contribution is -1.96. The van der Waals surface area contributed by atoms with Gasteiger partial charge in [0.05, 0.1) is 0 Å². The number of fused-ring (bicyclic) bond motifs is 2. The van der Waals surface area contributed by atoms with Crippen LogP contribution in [0.4, 0.5) is 0 Å². The van der Waals surface area contributed by atoms with Crippen LogP contribution in [0.2, 0.25) is 0 Å². The van der Waals surface area contributed by atoms with E-state index < -0.39 is 0 Å². The summed E-state index contributed by atoms with van der Waals surface area (Å²) in [5, 5.41) is 20.6. The van der Waals surface area contributed by atoms with Gasteiger partial charge in [-0.1, -0.05) is 200 Å². The van der Waals surface area contributed by atoms with Crippen LogP contribution in [0.3, 0.4) is 0 Å². The van der Waals surface area contributed by atoms with Crippen LogP contribution < -0.4 is 0 Å². The Labute approximate surface area is 335 Å². The lowest BCUT2D eigenvalue weighted by atomic mass is 9.80. The Morgan fingerprint density at radius 3 is 1.22 bits per heavy atom. The second-order valence-corrected chi connectivity index (χ2v) is 15.9. The van der Waals surface area contributed by atoms with Gasteiger partial charge in [0.25, 0.3) is 0 Å². The van der Waals surface area contributed by atoms with Crippen molar-refractivity contribution in [3.05, 3.63) is 206 Å². The average molecular weight is 731 g/mol. The molecule has 0 nitrogen and oxygen atoms in total. The van der Waals surface area contributed by atoms with Crippen molar-refractivity contribution in [3.8, 4) is 44.5 Å². The van der Waals surface area contributed by atoms with Gasteiger partial charge in [0.2, 0.25) is 0 Å². The van der Waals surface area contributed by atoms with Gasteiger partial charge in [-0.3, -0.25) is 0 Å². The van der Waals surface area contributed by atoms with E-state index in [9.17, 15) is 0 Å². The van der Waals surface area contributed by atoms with Gasteiger partial charge >= 0.3 is 0 Å². The fourth-order valence-electron chi connectivity index (χ4n) is 10.4. The Hall–Kier alpha value is -7.54. The molecule has 0 aliphatic rings. The zero-order valence-corrected chi connectivity index (χ0v) is 31.6. The minimum atomic E-state index is 1.21. The first-order valence-corrected chi connectivity index (χ1v) is 20.3. The molecule has 0 amide bonds. The molecule has 0 spiro atoms. The molecule has 0 aromatic heterocycles. The Balaban J connectivity index is 1.16. The molecule has 0 fully saturated rings. The number of hydrogen-bond donors (Lipinski definition) is 0. The molecule has 0 aliphatic carbocycles. The van der Waals surface area contributed by atoms with Gasteiger partial charge in [-0.2, -0.15) is 0 Å². The summed E-state index contributed by atoms with van der Waals surface area (Å²) in [7, 11) is 0. The summed E-state index contributed by atoms with van der Waals surface area (Å²) in [5.41, 5.74) is 10.00. The maximum absolute atomic E-state index is 2.42. The molecule has 0 unspecified atom stereocenters. The van der Waals surface area contributed by atoms with E-state index in [0.29, 0.717) is 0 Å². The molecule has 0 bridgehead atoms. The number of benzene rings is 13. The van der Waals surface area contributed by atoms with E-state index in [0.717, 1.165) is 0 Å². The molecule has 0 aliphatic heterocycles. The van der Waals surface area contributed by atoms with Gasteiger partial charge in [-0.25, -0.2) is 0 Å². The van der Waals surface area contributed by atoms with Crippen LogP contribution in [0.5, 0.6) is 0 Å². The maximum atomic E-state index is 2.42. The normalized spacial score (nSPS) is 12.1. The Morgan fingerprint density at radius 2 is 0.586 bits per heavy atom. The Bertz CT molecular complexity index is 3740. The summed E-state index contributed by atoms with van der Waals surface area (Å²) in [6.45, 7) is 0. The van der Waals surface area contributed by atoms with Crippen LogP contribution >= 0.6 is 0 Å². The van der Waals surface area contributed by atoms with Crippen molar-refractivity contribution >= 4 is 86.2 Å². The van der Waals surface area contributed by atoms with Crippen LogP contribution in [0.15, 0.2) is 206 Å². The molecule has 0 atom stereocenters. The number of rotatable bonds is 4. The minimum Gasteiger partial charge on any atom is -0.0622 e.